The van der Waals surface area contributed by atoms with Gasteiger partial charge in [0.25, 0.3) is 0 Å². The third-order valence-corrected chi connectivity index (χ3v) is 4.83. The maximum atomic E-state index is 12.9. The van der Waals surface area contributed by atoms with E-state index in [9.17, 15) is 19.2 Å². The summed E-state index contributed by atoms with van der Waals surface area (Å²) in [6.45, 7) is 9.32. The van der Waals surface area contributed by atoms with Crippen LogP contribution >= 0.6 is 0 Å². The van der Waals surface area contributed by atoms with Crippen LogP contribution in [0.1, 0.15) is 32.9 Å². The van der Waals surface area contributed by atoms with Crippen LogP contribution in [0.25, 0.3) is 16.5 Å². The highest BCUT2D eigenvalue weighted by Gasteiger charge is 2.27. The zero-order valence-electron chi connectivity index (χ0n) is 17.9. The molecule has 164 valence electrons. The number of carbonyl (C=O) groups is 4. The summed E-state index contributed by atoms with van der Waals surface area (Å²) in [5.41, 5.74) is 1.14. The second kappa shape index (κ2) is 11.0. The summed E-state index contributed by atoms with van der Waals surface area (Å²) in [6, 6.07) is 7.17. The fourth-order valence-electron chi connectivity index (χ4n) is 3.08. The molecule has 2 rings (SSSR count). The molecule has 0 aliphatic rings. The summed E-state index contributed by atoms with van der Waals surface area (Å²) in [6.07, 6.45) is 2.60. The maximum Gasteiger partial charge on any atom is 0.243 e. The van der Waals surface area contributed by atoms with E-state index in [0.29, 0.717) is 24.0 Å². The van der Waals surface area contributed by atoms with E-state index in [2.05, 4.69) is 27.5 Å². The lowest BCUT2D eigenvalue weighted by molar-refractivity contribution is -0.131. The van der Waals surface area contributed by atoms with E-state index in [4.69, 9.17) is 0 Å². The first-order chi connectivity index (χ1) is 14.8. The molecule has 0 unspecified atom stereocenters. The van der Waals surface area contributed by atoms with Gasteiger partial charge < -0.3 is 25.5 Å². The Morgan fingerprint density at radius 2 is 1.74 bits per heavy atom. The van der Waals surface area contributed by atoms with Crippen LogP contribution < -0.4 is 16.0 Å². The smallest absolute Gasteiger partial charge is 0.243 e. The van der Waals surface area contributed by atoms with Gasteiger partial charge in [0.2, 0.25) is 11.8 Å². The highest BCUT2D eigenvalue weighted by molar-refractivity contribution is 5.94. The monoisotopic (exact) mass is 424 g/mol. The number of carbonyl (C=O) groups excluding carboxylic acids is 4. The van der Waals surface area contributed by atoms with Gasteiger partial charge in [-0.25, -0.2) is 0 Å². The molecule has 0 radical (unpaired) electrons. The number of benzene rings is 1. The van der Waals surface area contributed by atoms with E-state index < -0.39 is 29.9 Å². The van der Waals surface area contributed by atoms with Crippen LogP contribution in [0.5, 0.6) is 0 Å². The number of aldehydes is 2. The number of nitrogens with zero attached hydrogens (tertiary/aromatic N) is 1. The molecule has 0 aliphatic heterocycles. The van der Waals surface area contributed by atoms with Gasteiger partial charge in [-0.15, -0.1) is 0 Å². The lowest BCUT2D eigenvalue weighted by Gasteiger charge is -2.26. The second-order valence-electron chi connectivity index (χ2n) is 7.61. The molecule has 3 atom stereocenters. The van der Waals surface area contributed by atoms with Gasteiger partial charge in [0.1, 0.15) is 24.7 Å². The Kier molecular flexibility index (Phi) is 8.43. The van der Waals surface area contributed by atoms with Crippen molar-refractivity contribution in [1.29, 1.82) is 0 Å². The number of hydrogen-bond donors (Lipinski definition) is 3. The SMILES string of the molecule is C=C(N[C@H](C(=O)N[C@@H](C)C(=O)N[C@H](C=O)CC=O)C(C)C)c1nccc2ccccc12. The van der Waals surface area contributed by atoms with Crippen LogP contribution in [0.2, 0.25) is 0 Å². The minimum atomic E-state index is -0.916. The van der Waals surface area contributed by atoms with E-state index in [1.54, 1.807) is 6.20 Å². The topological polar surface area (TPSA) is 117 Å². The number of pyridine rings is 1. The van der Waals surface area contributed by atoms with Crippen molar-refractivity contribution in [3.63, 3.8) is 0 Å². The second-order valence-corrected chi connectivity index (χ2v) is 7.61. The fraction of sp³-hybridized carbons (Fsp3) is 0.348. The molecule has 0 saturated carbocycles. The molecular formula is C23H28N4O4. The summed E-state index contributed by atoms with van der Waals surface area (Å²) >= 11 is 0. The van der Waals surface area contributed by atoms with Gasteiger partial charge >= 0.3 is 0 Å². The highest BCUT2D eigenvalue weighted by Crippen LogP contribution is 2.21. The fourth-order valence-corrected chi connectivity index (χ4v) is 3.08. The Morgan fingerprint density at radius 3 is 2.39 bits per heavy atom. The van der Waals surface area contributed by atoms with E-state index in [1.807, 2.05) is 44.2 Å². The van der Waals surface area contributed by atoms with Crippen LogP contribution in [0.3, 0.4) is 0 Å². The Morgan fingerprint density at radius 1 is 1.03 bits per heavy atom. The third-order valence-electron chi connectivity index (χ3n) is 4.83. The predicted molar refractivity (Wildman–Crippen MR) is 119 cm³/mol. The average molecular weight is 425 g/mol. The summed E-state index contributed by atoms with van der Waals surface area (Å²) in [4.78, 5) is 51.0. The van der Waals surface area contributed by atoms with Crippen molar-refractivity contribution >= 4 is 40.9 Å². The molecule has 8 nitrogen and oxygen atoms in total. The average Bonchev–Trinajstić information content (AvgIpc) is 2.75. The lowest BCUT2D eigenvalue weighted by atomic mass is 10.0. The Balaban J connectivity index is 2.10. The van der Waals surface area contributed by atoms with E-state index in [0.717, 1.165) is 10.8 Å². The predicted octanol–water partition coefficient (Wildman–Crippen LogP) is 1.60. The van der Waals surface area contributed by atoms with Crippen LogP contribution in [0.15, 0.2) is 43.1 Å². The molecule has 2 amide bonds. The molecule has 1 aromatic carbocycles. The van der Waals surface area contributed by atoms with Crippen LogP contribution in [-0.2, 0) is 19.2 Å². The number of fused-ring (bicyclic) bond motifs is 1. The Hall–Kier alpha value is -3.55. The maximum absolute atomic E-state index is 12.9. The molecule has 0 aliphatic carbocycles. The molecule has 3 N–H and O–H groups in total. The van der Waals surface area contributed by atoms with Crippen LogP contribution in [-0.4, -0.2) is 47.5 Å². The Labute approximate surface area is 181 Å². The lowest BCUT2D eigenvalue weighted by Crippen LogP contribution is -2.54. The van der Waals surface area contributed by atoms with Gasteiger partial charge in [-0.05, 0) is 24.3 Å². The minimum absolute atomic E-state index is 0.111. The molecule has 31 heavy (non-hydrogen) atoms. The summed E-state index contributed by atoms with van der Waals surface area (Å²) in [7, 11) is 0. The largest absolute Gasteiger partial charge is 0.372 e. The zero-order valence-corrected chi connectivity index (χ0v) is 17.9. The van der Waals surface area contributed by atoms with Crippen molar-refractivity contribution in [2.75, 3.05) is 0 Å². The van der Waals surface area contributed by atoms with Gasteiger partial charge in [-0.1, -0.05) is 44.7 Å². The first kappa shape index (κ1) is 23.7. The standard InChI is InChI=1S/C23H28N4O4/c1-14(2)20(23(31)26-16(4)22(30)27-18(13-29)10-12-28)25-15(3)21-19-8-6-5-7-17(19)9-11-24-21/h5-9,11-14,16,18,20,25H,3,10H2,1-2,4H3,(H,26,31)(H,27,30)/t16-,18-,20-/m0/s1. The zero-order chi connectivity index (χ0) is 23.0. The highest BCUT2D eigenvalue weighted by atomic mass is 16.2. The summed E-state index contributed by atoms with van der Waals surface area (Å²) < 4.78 is 0. The molecule has 0 saturated heterocycles. The van der Waals surface area contributed by atoms with Crippen LogP contribution in [0, 0.1) is 5.92 Å². The number of amides is 2. The van der Waals surface area contributed by atoms with Crippen molar-refractivity contribution in [3.05, 3.63) is 48.8 Å². The van der Waals surface area contributed by atoms with Gasteiger partial charge in [0, 0.05) is 18.0 Å². The quantitative estimate of drug-likeness (QED) is 0.472. The normalized spacial score (nSPS) is 13.7. The number of hydrogen-bond acceptors (Lipinski definition) is 6. The third kappa shape index (κ3) is 6.21. The Bertz CT molecular complexity index is 968. The first-order valence-electron chi connectivity index (χ1n) is 10.1. The van der Waals surface area contributed by atoms with E-state index in [-0.39, 0.29) is 12.3 Å². The molecular weight excluding hydrogens is 396 g/mol. The summed E-state index contributed by atoms with van der Waals surface area (Å²) in [5, 5.41) is 10.1. The minimum Gasteiger partial charge on any atom is -0.372 e. The number of rotatable bonds is 11. The number of aromatic nitrogens is 1. The van der Waals surface area contributed by atoms with Gasteiger partial charge in [-0.3, -0.25) is 14.6 Å². The van der Waals surface area contributed by atoms with Crippen LogP contribution in [0.4, 0.5) is 0 Å². The van der Waals surface area contributed by atoms with E-state index >= 15 is 0 Å². The van der Waals surface area contributed by atoms with Crippen molar-refractivity contribution in [1.82, 2.24) is 20.9 Å². The molecule has 0 bridgehead atoms. The molecule has 2 aromatic rings. The first-order valence-corrected chi connectivity index (χ1v) is 10.1. The number of nitrogens with one attached hydrogen (secondary N) is 3. The molecule has 1 aromatic heterocycles. The van der Waals surface area contributed by atoms with Crippen molar-refractivity contribution < 1.29 is 19.2 Å². The molecule has 0 spiro atoms. The molecule has 1 heterocycles. The van der Waals surface area contributed by atoms with Crippen molar-refractivity contribution in [2.45, 2.75) is 45.3 Å². The molecule has 8 heteroatoms. The van der Waals surface area contributed by atoms with E-state index in [1.165, 1.54) is 6.92 Å². The molecule has 0 fully saturated rings. The summed E-state index contributed by atoms with van der Waals surface area (Å²) in [5.74, 6) is -1.05. The van der Waals surface area contributed by atoms with Gasteiger partial charge in [0.05, 0.1) is 17.4 Å². The van der Waals surface area contributed by atoms with Gasteiger partial charge in [-0.2, -0.15) is 0 Å². The van der Waals surface area contributed by atoms with Crippen molar-refractivity contribution in [2.24, 2.45) is 5.92 Å². The van der Waals surface area contributed by atoms with Gasteiger partial charge in [0.15, 0.2) is 0 Å². The van der Waals surface area contributed by atoms with Crippen molar-refractivity contribution in [3.8, 4) is 0 Å².